The molecule has 28 heavy (non-hydrogen) atoms. The zero-order valence-corrected chi connectivity index (χ0v) is 14.2. The van der Waals surface area contributed by atoms with Gasteiger partial charge in [0.15, 0.2) is 0 Å². The van der Waals surface area contributed by atoms with Crippen molar-refractivity contribution in [3.05, 3.63) is 72.6 Å². The molecule has 2 aromatic heterocycles. The maximum absolute atomic E-state index is 13.3. The van der Waals surface area contributed by atoms with E-state index in [4.69, 9.17) is 0 Å². The van der Waals surface area contributed by atoms with E-state index in [1.165, 1.54) is 36.8 Å². The molecule has 1 N–H and O–H groups in total. The van der Waals surface area contributed by atoms with Crippen LogP contribution in [-0.2, 0) is 11.2 Å². The molecule has 5 nitrogen and oxygen atoms in total. The highest BCUT2D eigenvalue weighted by Gasteiger charge is 2.30. The van der Waals surface area contributed by atoms with Gasteiger partial charge in [-0.3, -0.25) is 14.8 Å². The number of amides is 1. The van der Waals surface area contributed by atoms with E-state index < -0.39 is 12.2 Å². The Morgan fingerprint density at radius 3 is 2.25 bits per heavy atom. The van der Waals surface area contributed by atoms with Crippen LogP contribution in [-0.4, -0.2) is 22.2 Å². The third-order valence-corrected chi connectivity index (χ3v) is 3.57. The number of anilines is 1. The summed E-state index contributed by atoms with van der Waals surface area (Å²) in [6.45, 7) is 0. The Balaban J connectivity index is 1.64. The van der Waals surface area contributed by atoms with E-state index in [-0.39, 0.29) is 18.1 Å². The molecule has 9 heteroatoms. The highest BCUT2D eigenvalue weighted by molar-refractivity contribution is 5.92. The van der Waals surface area contributed by atoms with Crippen LogP contribution in [0.1, 0.15) is 5.56 Å². The summed E-state index contributed by atoms with van der Waals surface area (Å²) in [6, 6.07) is 7.78. The Hall–Kier alpha value is -3.49. The Labute approximate surface area is 157 Å². The van der Waals surface area contributed by atoms with Crippen molar-refractivity contribution in [3.8, 4) is 16.9 Å². The molecule has 0 aliphatic rings. The zero-order chi connectivity index (χ0) is 20.1. The lowest BCUT2D eigenvalue weighted by Gasteiger charge is -2.10. The van der Waals surface area contributed by atoms with Gasteiger partial charge in [0, 0.05) is 35.4 Å². The number of pyridine rings is 2. The second-order valence-corrected chi connectivity index (χ2v) is 5.77. The van der Waals surface area contributed by atoms with Gasteiger partial charge in [-0.1, -0.05) is 0 Å². The number of carbonyl (C=O) groups excluding carboxylic acids is 1. The van der Waals surface area contributed by atoms with Crippen molar-refractivity contribution < 1.29 is 27.1 Å². The summed E-state index contributed by atoms with van der Waals surface area (Å²) in [6.07, 6.45) is 0.783. The molecular formula is C19H13F4N3O2. The number of rotatable bonds is 5. The van der Waals surface area contributed by atoms with E-state index in [2.05, 4.69) is 20.0 Å². The number of halogens is 4. The number of hydrogen-bond acceptors (Lipinski definition) is 4. The summed E-state index contributed by atoms with van der Waals surface area (Å²) in [7, 11) is 0. The van der Waals surface area contributed by atoms with Crippen molar-refractivity contribution in [2.75, 3.05) is 5.32 Å². The molecule has 1 aromatic carbocycles. The van der Waals surface area contributed by atoms with Crippen molar-refractivity contribution in [1.82, 2.24) is 9.97 Å². The molecule has 0 radical (unpaired) electrons. The first-order valence-corrected chi connectivity index (χ1v) is 7.99. The molecule has 144 valence electrons. The second kappa shape index (κ2) is 8.03. The summed E-state index contributed by atoms with van der Waals surface area (Å²) in [4.78, 5) is 20.0. The molecule has 0 saturated carbocycles. The predicted octanol–water partition coefficient (Wildman–Crippen LogP) is 4.36. The average molecular weight is 391 g/mol. The fourth-order valence-electron chi connectivity index (χ4n) is 2.44. The van der Waals surface area contributed by atoms with Gasteiger partial charge in [0.1, 0.15) is 11.6 Å². The minimum absolute atomic E-state index is 0.0234. The number of hydrogen-bond donors (Lipinski definition) is 1. The van der Waals surface area contributed by atoms with Crippen molar-refractivity contribution >= 4 is 11.6 Å². The second-order valence-electron chi connectivity index (χ2n) is 5.77. The van der Waals surface area contributed by atoms with E-state index >= 15 is 0 Å². The lowest BCUT2D eigenvalue weighted by Crippen LogP contribution is -2.17. The van der Waals surface area contributed by atoms with E-state index in [1.807, 2.05) is 0 Å². The zero-order valence-electron chi connectivity index (χ0n) is 14.2. The lowest BCUT2D eigenvalue weighted by molar-refractivity contribution is -0.274. The van der Waals surface area contributed by atoms with Crippen LogP contribution in [0.15, 0.2) is 61.2 Å². The average Bonchev–Trinajstić information content (AvgIpc) is 2.62. The molecule has 0 aliphatic heterocycles. The minimum Gasteiger partial charge on any atom is -0.406 e. The summed E-state index contributed by atoms with van der Waals surface area (Å²) in [5.41, 5.74) is 2.02. The van der Waals surface area contributed by atoms with Gasteiger partial charge in [-0.15, -0.1) is 13.2 Å². The van der Waals surface area contributed by atoms with Crippen LogP contribution in [0, 0.1) is 5.82 Å². The van der Waals surface area contributed by atoms with Crippen molar-refractivity contribution in [2.45, 2.75) is 12.8 Å². The van der Waals surface area contributed by atoms with Gasteiger partial charge in [-0.25, -0.2) is 4.39 Å². The minimum atomic E-state index is -4.78. The van der Waals surface area contributed by atoms with E-state index in [9.17, 15) is 22.4 Å². The van der Waals surface area contributed by atoms with Gasteiger partial charge in [-0.05, 0) is 42.0 Å². The Morgan fingerprint density at radius 1 is 0.964 bits per heavy atom. The summed E-state index contributed by atoms with van der Waals surface area (Å²) < 4.78 is 53.5. The van der Waals surface area contributed by atoms with Gasteiger partial charge in [-0.2, -0.15) is 0 Å². The number of nitrogens with zero attached hydrogens (tertiary/aromatic N) is 2. The Kier molecular flexibility index (Phi) is 5.53. The smallest absolute Gasteiger partial charge is 0.406 e. The number of aromatic nitrogens is 2. The molecule has 2 heterocycles. The van der Waals surface area contributed by atoms with Gasteiger partial charge in [0.05, 0.1) is 12.6 Å². The molecule has 0 fully saturated rings. The summed E-state index contributed by atoms with van der Waals surface area (Å²) >= 11 is 0. The quantitative estimate of drug-likeness (QED) is 0.657. The van der Waals surface area contributed by atoms with E-state index in [0.717, 1.165) is 18.3 Å². The summed E-state index contributed by atoms with van der Waals surface area (Å²) in [5.74, 6) is -1.26. The normalized spacial score (nSPS) is 11.1. The highest BCUT2D eigenvalue weighted by atomic mass is 19.4. The van der Waals surface area contributed by atoms with Crippen LogP contribution in [0.25, 0.3) is 11.1 Å². The number of nitrogens with one attached hydrogen (secondary N) is 1. The van der Waals surface area contributed by atoms with Crippen LogP contribution in [0.3, 0.4) is 0 Å². The lowest BCUT2D eigenvalue weighted by atomic mass is 10.1. The molecule has 0 saturated heterocycles. The van der Waals surface area contributed by atoms with Crippen LogP contribution in [0.4, 0.5) is 23.2 Å². The van der Waals surface area contributed by atoms with Gasteiger partial charge < -0.3 is 10.1 Å². The predicted molar refractivity (Wildman–Crippen MR) is 92.9 cm³/mol. The highest BCUT2D eigenvalue weighted by Crippen LogP contribution is 2.24. The number of carbonyl (C=O) groups is 1. The molecule has 0 aliphatic carbocycles. The van der Waals surface area contributed by atoms with E-state index in [1.54, 1.807) is 6.07 Å². The fourth-order valence-corrected chi connectivity index (χ4v) is 2.44. The number of ether oxygens (including phenoxy) is 1. The number of benzene rings is 1. The molecular weight excluding hydrogens is 378 g/mol. The van der Waals surface area contributed by atoms with Crippen LogP contribution in [0.2, 0.25) is 0 Å². The Bertz CT molecular complexity index is 975. The van der Waals surface area contributed by atoms with Crippen molar-refractivity contribution in [3.63, 3.8) is 0 Å². The molecule has 3 rings (SSSR count). The van der Waals surface area contributed by atoms with Crippen LogP contribution >= 0.6 is 0 Å². The van der Waals surface area contributed by atoms with Gasteiger partial charge >= 0.3 is 6.36 Å². The van der Waals surface area contributed by atoms with Gasteiger partial charge in [0.2, 0.25) is 5.91 Å². The van der Waals surface area contributed by atoms with Gasteiger partial charge in [0.25, 0.3) is 0 Å². The number of alkyl halides is 3. The van der Waals surface area contributed by atoms with Crippen molar-refractivity contribution in [1.29, 1.82) is 0 Å². The Morgan fingerprint density at radius 2 is 1.61 bits per heavy atom. The van der Waals surface area contributed by atoms with Crippen molar-refractivity contribution in [2.24, 2.45) is 0 Å². The molecule has 0 bridgehead atoms. The maximum Gasteiger partial charge on any atom is 0.573 e. The van der Waals surface area contributed by atoms with E-state index in [0.29, 0.717) is 22.4 Å². The third kappa shape index (κ3) is 5.50. The maximum atomic E-state index is 13.3. The SMILES string of the molecule is O=C(Cc1cncc(-c2cncc(F)c2)c1)Nc1ccc(OC(F)(F)F)cc1. The third-order valence-electron chi connectivity index (χ3n) is 3.57. The topological polar surface area (TPSA) is 64.1 Å². The summed E-state index contributed by atoms with van der Waals surface area (Å²) in [5, 5.41) is 2.57. The first-order valence-electron chi connectivity index (χ1n) is 7.99. The molecule has 1 amide bonds. The monoisotopic (exact) mass is 391 g/mol. The fraction of sp³-hybridized carbons (Fsp3) is 0.105. The standard InChI is InChI=1S/C19H13F4N3O2/c20-15-7-14(10-25-11-15)13-5-12(8-24-9-13)6-18(27)26-16-1-3-17(4-2-16)28-19(21,22)23/h1-5,7-11H,6H2,(H,26,27). The molecule has 0 spiro atoms. The molecule has 0 atom stereocenters. The molecule has 0 unspecified atom stereocenters. The van der Waals surface area contributed by atoms with Crippen LogP contribution in [0.5, 0.6) is 5.75 Å². The first-order chi connectivity index (χ1) is 13.3. The largest absolute Gasteiger partial charge is 0.573 e. The first kappa shape index (κ1) is 19.3. The molecule has 3 aromatic rings. The van der Waals surface area contributed by atoms with Crippen LogP contribution < -0.4 is 10.1 Å².